The van der Waals surface area contributed by atoms with Crippen LogP contribution in [0.2, 0.25) is 0 Å². The van der Waals surface area contributed by atoms with Gasteiger partial charge in [0.1, 0.15) is 0 Å². The summed E-state index contributed by atoms with van der Waals surface area (Å²) in [6.07, 6.45) is 2.06. The first kappa shape index (κ1) is 19.0. The van der Waals surface area contributed by atoms with Crippen LogP contribution in [0.3, 0.4) is 0 Å². The maximum absolute atomic E-state index is 12.5. The van der Waals surface area contributed by atoms with Gasteiger partial charge in [0.15, 0.2) is 0 Å². The molecule has 2 aromatic carbocycles. The van der Waals surface area contributed by atoms with Crippen molar-refractivity contribution in [2.24, 2.45) is 0 Å². The lowest BCUT2D eigenvalue weighted by Crippen LogP contribution is -2.40. The maximum Gasteiger partial charge on any atom is 0.319 e. The molecule has 0 spiro atoms. The molecule has 0 bridgehead atoms. The molecule has 3 amide bonds. The van der Waals surface area contributed by atoms with Gasteiger partial charge < -0.3 is 15.5 Å². The first-order valence-electron chi connectivity index (χ1n) is 9.60. The Bertz CT molecular complexity index is 782. The van der Waals surface area contributed by atoms with Crippen molar-refractivity contribution in [2.75, 3.05) is 11.9 Å². The van der Waals surface area contributed by atoms with Crippen LogP contribution in [0.15, 0.2) is 48.5 Å². The fourth-order valence-electron chi connectivity index (χ4n) is 3.56. The number of nitrogens with zero attached hydrogens (tertiary/aromatic N) is 1. The highest BCUT2D eigenvalue weighted by Crippen LogP contribution is 2.23. The number of anilines is 1. The highest BCUT2D eigenvalue weighted by Gasteiger charge is 2.30. The van der Waals surface area contributed by atoms with Gasteiger partial charge in [0, 0.05) is 25.2 Å². The van der Waals surface area contributed by atoms with Crippen LogP contribution in [0.1, 0.15) is 37.0 Å². The standard InChI is InChI=1S/C22H27N3O2/c1-3-17-11-8-12-18(4-2)21(17)24-22(27)23-19-13-20(26)25(15-19)14-16-9-6-5-7-10-16/h5-12,19H,3-4,13-15H2,1-2H3,(H2,23,24,27). The average molecular weight is 365 g/mol. The summed E-state index contributed by atoms with van der Waals surface area (Å²) in [7, 11) is 0. The van der Waals surface area contributed by atoms with Crippen molar-refractivity contribution in [3.8, 4) is 0 Å². The molecular formula is C22H27N3O2. The number of hydrogen-bond donors (Lipinski definition) is 2. The number of nitrogens with one attached hydrogen (secondary N) is 2. The van der Waals surface area contributed by atoms with Crippen LogP contribution in [0, 0.1) is 0 Å². The van der Waals surface area contributed by atoms with Gasteiger partial charge in [-0.25, -0.2) is 4.79 Å². The predicted octanol–water partition coefficient (Wildman–Crippen LogP) is 3.73. The molecule has 0 radical (unpaired) electrons. The van der Waals surface area contributed by atoms with Gasteiger partial charge in [0.2, 0.25) is 5.91 Å². The molecule has 1 saturated heterocycles. The fraction of sp³-hybridized carbons (Fsp3) is 0.364. The Kier molecular flexibility index (Phi) is 6.12. The van der Waals surface area contributed by atoms with Gasteiger partial charge in [-0.1, -0.05) is 62.4 Å². The van der Waals surface area contributed by atoms with Crippen LogP contribution < -0.4 is 10.6 Å². The van der Waals surface area contributed by atoms with Crippen LogP contribution in [0.4, 0.5) is 10.5 Å². The van der Waals surface area contributed by atoms with Crippen LogP contribution in [-0.4, -0.2) is 29.4 Å². The molecule has 0 aliphatic carbocycles. The minimum Gasteiger partial charge on any atom is -0.336 e. The number of hydrogen-bond acceptors (Lipinski definition) is 2. The Morgan fingerprint density at radius 3 is 2.33 bits per heavy atom. The summed E-state index contributed by atoms with van der Waals surface area (Å²) in [5.74, 6) is 0.0763. The number of likely N-dealkylation sites (tertiary alicyclic amines) is 1. The van der Waals surface area contributed by atoms with E-state index in [2.05, 4.69) is 24.5 Å². The SMILES string of the molecule is CCc1cccc(CC)c1NC(=O)NC1CC(=O)N(Cc2ccccc2)C1. The molecule has 5 nitrogen and oxygen atoms in total. The van der Waals surface area contributed by atoms with Crippen LogP contribution in [-0.2, 0) is 24.2 Å². The first-order chi connectivity index (χ1) is 13.1. The maximum atomic E-state index is 12.5. The van der Waals surface area contributed by atoms with Gasteiger partial charge in [-0.3, -0.25) is 4.79 Å². The van der Waals surface area contributed by atoms with Crippen molar-refractivity contribution in [1.82, 2.24) is 10.2 Å². The van der Waals surface area contributed by atoms with E-state index >= 15 is 0 Å². The normalized spacial score (nSPS) is 16.4. The monoisotopic (exact) mass is 365 g/mol. The van der Waals surface area contributed by atoms with E-state index in [0.717, 1.165) is 35.2 Å². The van der Waals surface area contributed by atoms with E-state index < -0.39 is 0 Å². The smallest absolute Gasteiger partial charge is 0.319 e. The summed E-state index contributed by atoms with van der Waals surface area (Å²) in [5.41, 5.74) is 4.24. The molecule has 2 aromatic rings. The molecule has 0 aromatic heterocycles. The first-order valence-corrected chi connectivity index (χ1v) is 9.60. The van der Waals surface area contributed by atoms with Crippen molar-refractivity contribution in [1.29, 1.82) is 0 Å². The predicted molar refractivity (Wildman–Crippen MR) is 108 cm³/mol. The molecule has 1 unspecified atom stereocenters. The van der Waals surface area contributed by atoms with Gasteiger partial charge in [-0.05, 0) is 29.5 Å². The lowest BCUT2D eigenvalue weighted by atomic mass is 10.0. The van der Waals surface area contributed by atoms with Gasteiger partial charge in [0.05, 0.1) is 6.04 Å². The number of para-hydroxylation sites is 1. The molecule has 1 atom stereocenters. The molecular weight excluding hydrogens is 338 g/mol. The molecule has 1 heterocycles. The Balaban J connectivity index is 1.60. The third kappa shape index (κ3) is 4.67. The Labute approximate surface area is 160 Å². The summed E-state index contributed by atoms with van der Waals surface area (Å²) >= 11 is 0. The van der Waals surface area contributed by atoms with Gasteiger partial charge in [0.25, 0.3) is 0 Å². The fourth-order valence-corrected chi connectivity index (χ4v) is 3.56. The zero-order chi connectivity index (χ0) is 19.2. The highest BCUT2D eigenvalue weighted by atomic mass is 16.2. The molecule has 5 heteroatoms. The minimum atomic E-state index is -0.245. The van der Waals surface area contributed by atoms with E-state index in [1.54, 1.807) is 4.90 Å². The zero-order valence-corrected chi connectivity index (χ0v) is 16.0. The van der Waals surface area contributed by atoms with E-state index in [0.29, 0.717) is 19.5 Å². The second-order valence-electron chi connectivity index (χ2n) is 6.92. The number of aryl methyl sites for hydroxylation is 2. The van der Waals surface area contributed by atoms with E-state index in [-0.39, 0.29) is 18.0 Å². The minimum absolute atomic E-state index is 0.0763. The molecule has 27 heavy (non-hydrogen) atoms. The number of urea groups is 1. The summed E-state index contributed by atoms with van der Waals surface area (Å²) < 4.78 is 0. The topological polar surface area (TPSA) is 61.4 Å². The van der Waals surface area contributed by atoms with E-state index in [1.807, 2.05) is 48.5 Å². The molecule has 1 fully saturated rings. The molecule has 3 rings (SSSR count). The lowest BCUT2D eigenvalue weighted by Gasteiger charge is -2.19. The zero-order valence-electron chi connectivity index (χ0n) is 16.0. The van der Waals surface area contributed by atoms with E-state index in [4.69, 9.17) is 0 Å². The lowest BCUT2D eigenvalue weighted by molar-refractivity contribution is -0.128. The number of carbonyl (C=O) groups is 2. The van der Waals surface area contributed by atoms with Crippen LogP contribution in [0.25, 0.3) is 0 Å². The third-order valence-corrected chi connectivity index (χ3v) is 5.00. The molecule has 2 N–H and O–H groups in total. The highest BCUT2D eigenvalue weighted by molar-refractivity contribution is 5.92. The molecule has 0 saturated carbocycles. The molecule has 1 aliphatic heterocycles. The van der Waals surface area contributed by atoms with Crippen molar-refractivity contribution in [3.05, 3.63) is 65.2 Å². The van der Waals surface area contributed by atoms with Crippen molar-refractivity contribution >= 4 is 17.6 Å². The van der Waals surface area contributed by atoms with Crippen LogP contribution in [0.5, 0.6) is 0 Å². The summed E-state index contributed by atoms with van der Waals surface area (Å²) in [4.78, 5) is 26.6. The quantitative estimate of drug-likeness (QED) is 0.819. The number of rotatable bonds is 6. The van der Waals surface area contributed by atoms with Crippen molar-refractivity contribution in [3.63, 3.8) is 0 Å². The van der Waals surface area contributed by atoms with Gasteiger partial charge in [-0.15, -0.1) is 0 Å². The van der Waals surface area contributed by atoms with Crippen molar-refractivity contribution < 1.29 is 9.59 Å². The summed E-state index contributed by atoms with van der Waals surface area (Å²) in [6, 6.07) is 15.6. The Morgan fingerprint density at radius 1 is 1.04 bits per heavy atom. The summed E-state index contributed by atoms with van der Waals surface area (Å²) in [6.45, 7) is 5.28. The Morgan fingerprint density at radius 2 is 1.70 bits per heavy atom. The second-order valence-corrected chi connectivity index (χ2v) is 6.92. The largest absolute Gasteiger partial charge is 0.336 e. The van der Waals surface area contributed by atoms with E-state index in [1.165, 1.54) is 0 Å². The van der Waals surface area contributed by atoms with Crippen molar-refractivity contribution in [2.45, 2.75) is 45.7 Å². The van der Waals surface area contributed by atoms with E-state index in [9.17, 15) is 9.59 Å². The number of amides is 3. The number of benzene rings is 2. The van der Waals surface area contributed by atoms with Gasteiger partial charge in [-0.2, -0.15) is 0 Å². The third-order valence-electron chi connectivity index (χ3n) is 5.00. The van der Waals surface area contributed by atoms with Crippen LogP contribution >= 0.6 is 0 Å². The average Bonchev–Trinajstić information content (AvgIpc) is 3.01. The molecule has 142 valence electrons. The summed E-state index contributed by atoms with van der Waals surface area (Å²) in [5, 5.41) is 5.97. The Hall–Kier alpha value is -2.82. The van der Waals surface area contributed by atoms with Gasteiger partial charge >= 0.3 is 6.03 Å². The molecule has 1 aliphatic rings. The number of carbonyl (C=O) groups excluding carboxylic acids is 2. The second kappa shape index (κ2) is 8.71.